The molecule has 17 heavy (non-hydrogen) atoms. The molecule has 0 bridgehead atoms. The highest BCUT2D eigenvalue weighted by molar-refractivity contribution is 7.89. The molecular weight excluding hydrogens is 240 g/mol. The first-order chi connectivity index (χ1) is 8.05. The van der Waals surface area contributed by atoms with Crippen LogP contribution in [0.15, 0.2) is 4.99 Å². The van der Waals surface area contributed by atoms with Crippen LogP contribution in [-0.4, -0.2) is 46.8 Å². The van der Waals surface area contributed by atoms with Gasteiger partial charge in [-0.05, 0) is 13.3 Å². The van der Waals surface area contributed by atoms with E-state index in [0.29, 0.717) is 19.0 Å². The first-order valence-corrected chi connectivity index (χ1v) is 7.62. The lowest BCUT2D eigenvalue weighted by atomic mass is 10.3. The highest BCUT2D eigenvalue weighted by Gasteiger charge is 2.04. The van der Waals surface area contributed by atoms with E-state index in [2.05, 4.69) is 27.3 Å². The summed E-state index contributed by atoms with van der Waals surface area (Å²) in [7, 11) is -1.40. The van der Waals surface area contributed by atoms with Gasteiger partial charge in [0, 0.05) is 26.7 Å². The van der Waals surface area contributed by atoms with E-state index in [1.165, 1.54) is 0 Å². The SMILES string of the molecule is CCCCNC(=NC)NCCNS(=O)(=O)CC. The summed E-state index contributed by atoms with van der Waals surface area (Å²) in [5.41, 5.74) is 0. The number of hydrogen-bond donors (Lipinski definition) is 3. The Morgan fingerprint density at radius 1 is 1.12 bits per heavy atom. The molecule has 0 aromatic rings. The standard InChI is InChI=1S/C10H24N4O2S/c1-4-6-7-12-10(11-3)13-8-9-14-17(15,16)5-2/h14H,4-9H2,1-3H3,(H2,11,12,13). The molecular formula is C10H24N4O2S. The second kappa shape index (κ2) is 9.23. The number of nitrogens with one attached hydrogen (secondary N) is 3. The largest absolute Gasteiger partial charge is 0.356 e. The zero-order valence-electron chi connectivity index (χ0n) is 10.9. The molecule has 0 saturated heterocycles. The second-order valence-corrected chi connectivity index (χ2v) is 5.67. The molecule has 0 atom stereocenters. The van der Waals surface area contributed by atoms with Crippen molar-refractivity contribution in [2.24, 2.45) is 4.99 Å². The lowest BCUT2D eigenvalue weighted by Gasteiger charge is -2.11. The van der Waals surface area contributed by atoms with Crippen LogP contribution < -0.4 is 15.4 Å². The van der Waals surface area contributed by atoms with Gasteiger partial charge in [-0.15, -0.1) is 0 Å². The Kier molecular flexibility index (Phi) is 8.79. The van der Waals surface area contributed by atoms with Crippen LogP contribution >= 0.6 is 0 Å². The van der Waals surface area contributed by atoms with Crippen LogP contribution in [-0.2, 0) is 10.0 Å². The van der Waals surface area contributed by atoms with Crippen molar-refractivity contribution in [3.8, 4) is 0 Å². The Hall–Kier alpha value is -0.820. The van der Waals surface area contributed by atoms with Gasteiger partial charge in [0.2, 0.25) is 10.0 Å². The molecule has 0 rings (SSSR count). The molecule has 3 N–H and O–H groups in total. The molecule has 0 radical (unpaired) electrons. The number of sulfonamides is 1. The predicted molar refractivity (Wildman–Crippen MR) is 71.7 cm³/mol. The summed E-state index contributed by atoms with van der Waals surface area (Å²) < 4.78 is 24.8. The van der Waals surface area contributed by atoms with E-state index in [4.69, 9.17) is 0 Å². The van der Waals surface area contributed by atoms with Crippen LogP contribution in [0.3, 0.4) is 0 Å². The smallest absolute Gasteiger partial charge is 0.211 e. The molecule has 0 amide bonds. The normalized spacial score (nSPS) is 12.5. The molecule has 0 saturated carbocycles. The molecule has 0 aromatic heterocycles. The van der Waals surface area contributed by atoms with Crippen LogP contribution in [0, 0.1) is 0 Å². The first-order valence-electron chi connectivity index (χ1n) is 5.97. The van der Waals surface area contributed by atoms with Gasteiger partial charge >= 0.3 is 0 Å². The van der Waals surface area contributed by atoms with E-state index >= 15 is 0 Å². The topological polar surface area (TPSA) is 82.6 Å². The lowest BCUT2D eigenvalue weighted by Crippen LogP contribution is -2.41. The predicted octanol–water partition coefficient (Wildman–Crippen LogP) is -0.109. The third-order valence-corrected chi connectivity index (χ3v) is 3.57. The highest BCUT2D eigenvalue weighted by atomic mass is 32.2. The molecule has 0 aliphatic rings. The van der Waals surface area contributed by atoms with Crippen LogP contribution in [0.25, 0.3) is 0 Å². The number of unbranched alkanes of at least 4 members (excludes halogenated alkanes) is 1. The minimum absolute atomic E-state index is 0.108. The minimum atomic E-state index is -3.10. The summed E-state index contributed by atoms with van der Waals surface area (Å²) >= 11 is 0. The van der Waals surface area contributed by atoms with Crippen molar-refractivity contribution in [2.45, 2.75) is 26.7 Å². The summed E-state index contributed by atoms with van der Waals surface area (Å²) in [5, 5.41) is 6.18. The first kappa shape index (κ1) is 16.2. The van der Waals surface area contributed by atoms with Crippen LogP contribution in [0.5, 0.6) is 0 Å². The average molecular weight is 264 g/mol. The molecule has 6 nitrogen and oxygen atoms in total. The van der Waals surface area contributed by atoms with Gasteiger partial charge in [0.25, 0.3) is 0 Å². The van der Waals surface area contributed by atoms with E-state index in [0.717, 1.165) is 19.4 Å². The molecule has 0 spiro atoms. The van der Waals surface area contributed by atoms with Crippen LogP contribution in [0.1, 0.15) is 26.7 Å². The van der Waals surface area contributed by atoms with E-state index < -0.39 is 10.0 Å². The van der Waals surface area contributed by atoms with Crippen LogP contribution in [0.4, 0.5) is 0 Å². The Balaban J connectivity index is 3.71. The Labute approximate surface area is 104 Å². The lowest BCUT2D eigenvalue weighted by molar-refractivity contribution is 0.581. The zero-order valence-corrected chi connectivity index (χ0v) is 11.7. The number of guanidine groups is 1. The average Bonchev–Trinajstić information content (AvgIpc) is 2.32. The number of hydrogen-bond acceptors (Lipinski definition) is 3. The third kappa shape index (κ3) is 8.93. The Morgan fingerprint density at radius 2 is 1.76 bits per heavy atom. The maximum atomic E-state index is 11.1. The second-order valence-electron chi connectivity index (χ2n) is 3.58. The number of nitrogens with zero attached hydrogens (tertiary/aromatic N) is 1. The van der Waals surface area contributed by atoms with Gasteiger partial charge in [-0.25, -0.2) is 13.1 Å². The molecule has 102 valence electrons. The highest BCUT2D eigenvalue weighted by Crippen LogP contribution is 1.82. The minimum Gasteiger partial charge on any atom is -0.356 e. The molecule has 0 fully saturated rings. The summed E-state index contributed by atoms with van der Waals surface area (Å²) in [4.78, 5) is 4.03. The van der Waals surface area contributed by atoms with E-state index in [-0.39, 0.29) is 5.75 Å². The van der Waals surface area contributed by atoms with Gasteiger partial charge in [-0.1, -0.05) is 13.3 Å². The van der Waals surface area contributed by atoms with Gasteiger partial charge in [0.1, 0.15) is 0 Å². The van der Waals surface area contributed by atoms with E-state index in [1.54, 1.807) is 14.0 Å². The quantitative estimate of drug-likeness (QED) is 0.324. The number of aliphatic imine (C=N–C) groups is 1. The Morgan fingerprint density at radius 3 is 2.29 bits per heavy atom. The molecule has 7 heteroatoms. The molecule has 0 aliphatic carbocycles. The molecule has 0 aliphatic heterocycles. The van der Waals surface area contributed by atoms with Gasteiger partial charge in [0.15, 0.2) is 5.96 Å². The number of rotatable bonds is 8. The van der Waals surface area contributed by atoms with Crippen LogP contribution in [0.2, 0.25) is 0 Å². The van der Waals surface area contributed by atoms with Crippen molar-refractivity contribution >= 4 is 16.0 Å². The summed E-state index contributed by atoms with van der Waals surface area (Å²) in [6.45, 7) is 5.49. The Bertz CT molecular complexity index is 314. The van der Waals surface area contributed by atoms with E-state index in [9.17, 15) is 8.42 Å². The van der Waals surface area contributed by atoms with Crippen molar-refractivity contribution < 1.29 is 8.42 Å². The van der Waals surface area contributed by atoms with Gasteiger partial charge in [0.05, 0.1) is 5.75 Å². The fraction of sp³-hybridized carbons (Fsp3) is 0.900. The fourth-order valence-electron chi connectivity index (χ4n) is 1.09. The van der Waals surface area contributed by atoms with Crippen molar-refractivity contribution in [1.82, 2.24) is 15.4 Å². The van der Waals surface area contributed by atoms with Crippen molar-refractivity contribution in [3.05, 3.63) is 0 Å². The monoisotopic (exact) mass is 264 g/mol. The van der Waals surface area contributed by atoms with E-state index in [1.807, 2.05) is 0 Å². The van der Waals surface area contributed by atoms with Crippen molar-refractivity contribution in [3.63, 3.8) is 0 Å². The molecule has 0 heterocycles. The zero-order chi connectivity index (χ0) is 13.1. The fourth-order valence-corrected chi connectivity index (χ4v) is 1.71. The van der Waals surface area contributed by atoms with Gasteiger partial charge in [-0.3, -0.25) is 4.99 Å². The molecule has 0 aromatic carbocycles. The summed E-state index contributed by atoms with van der Waals surface area (Å²) in [5.74, 6) is 0.811. The van der Waals surface area contributed by atoms with Gasteiger partial charge < -0.3 is 10.6 Å². The summed E-state index contributed by atoms with van der Waals surface area (Å²) in [6.07, 6.45) is 2.21. The van der Waals surface area contributed by atoms with Crippen molar-refractivity contribution in [2.75, 3.05) is 32.4 Å². The van der Waals surface area contributed by atoms with Gasteiger partial charge in [-0.2, -0.15) is 0 Å². The maximum absolute atomic E-state index is 11.1. The van der Waals surface area contributed by atoms with Crippen molar-refractivity contribution in [1.29, 1.82) is 0 Å². The molecule has 0 unspecified atom stereocenters. The third-order valence-electron chi connectivity index (χ3n) is 2.17. The maximum Gasteiger partial charge on any atom is 0.211 e. The summed E-state index contributed by atoms with van der Waals surface area (Å²) in [6, 6.07) is 0.